The van der Waals surface area contributed by atoms with Crippen molar-refractivity contribution in [1.82, 2.24) is 15.6 Å². The predicted molar refractivity (Wildman–Crippen MR) is 154 cm³/mol. The van der Waals surface area contributed by atoms with Crippen LogP contribution in [0.3, 0.4) is 0 Å². The largest absolute Gasteiger partial charge is 0.478 e. The number of aromatic nitrogens is 1. The molecule has 0 spiro atoms. The lowest BCUT2D eigenvalue weighted by Crippen LogP contribution is -2.33. The van der Waals surface area contributed by atoms with Gasteiger partial charge in [-0.1, -0.05) is 12.1 Å². The zero-order chi connectivity index (χ0) is 30.6. The number of carboxylic acid groups (broad SMARTS) is 1. The van der Waals surface area contributed by atoms with Gasteiger partial charge in [-0.25, -0.2) is 14.6 Å². The van der Waals surface area contributed by atoms with Crippen LogP contribution in [-0.4, -0.2) is 86.4 Å². The predicted octanol–water partition coefficient (Wildman–Crippen LogP) is 4.15. The molecule has 13 nitrogen and oxygen atoms in total. The van der Waals surface area contributed by atoms with Gasteiger partial charge in [0.1, 0.15) is 5.60 Å². The van der Waals surface area contributed by atoms with E-state index in [1.165, 1.54) is 18.3 Å². The van der Waals surface area contributed by atoms with Crippen molar-refractivity contribution in [3.8, 4) is 0 Å². The fourth-order valence-electron chi connectivity index (χ4n) is 3.22. The van der Waals surface area contributed by atoms with Crippen molar-refractivity contribution in [3.63, 3.8) is 0 Å². The number of amides is 2. The van der Waals surface area contributed by atoms with E-state index in [0.717, 1.165) is 5.56 Å². The Balaban J connectivity index is 1.43. The zero-order valence-corrected chi connectivity index (χ0v) is 24.5. The van der Waals surface area contributed by atoms with Gasteiger partial charge in [-0.15, -0.1) is 5.11 Å². The highest BCUT2D eigenvalue weighted by Gasteiger charge is 2.15. The molecule has 0 unspecified atom stereocenters. The normalized spacial score (nSPS) is 11.4. The van der Waals surface area contributed by atoms with Gasteiger partial charge in [-0.2, -0.15) is 5.11 Å². The van der Waals surface area contributed by atoms with Crippen molar-refractivity contribution in [3.05, 3.63) is 59.3 Å². The van der Waals surface area contributed by atoms with Crippen LogP contribution in [0.15, 0.2) is 52.8 Å². The Kier molecular flexibility index (Phi) is 15.7. The number of hydrogen-bond acceptors (Lipinski definition) is 10. The van der Waals surface area contributed by atoms with E-state index in [1.54, 1.807) is 24.3 Å². The molecule has 0 aliphatic rings. The second-order valence-corrected chi connectivity index (χ2v) is 10.0. The first-order chi connectivity index (χ1) is 20.1. The van der Waals surface area contributed by atoms with Gasteiger partial charge in [0.15, 0.2) is 5.82 Å². The molecule has 0 saturated heterocycles. The van der Waals surface area contributed by atoms with Gasteiger partial charge >= 0.3 is 12.1 Å². The van der Waals surface area contributed by atoms with Crippen molar-refractivity contribution in [2.24, 2.45) is 10.2 Å². The van der Waals surface area contributed by atoms with Crippen LogP contribution in [-0.2, 0) is 25.5 Å². The smallest absolute Gasteiger partial charge is 0.407 e. The SMILES string of the molecule is CC(C)(C)OC(=O)NCCCOCCOCCOCCCNC(=O)c1ccc(N=NCc2ccc(C(=O)O)cc2)nc1. The average molecular weight is 588 g/mol. The standard InChI is InChI=1S/C29H41N5O8/c1-29(2,3)42-28(38)31-13-5-15-40-17-19-41-18-16-39-14-4-12-30-26(35)24-10-11-25(32-21-24)34-33-20-22-6-8-23(9-7-22)27(36)37/h6-11,21H,4-5,12-20H2,1-3H3,(H,30,35)(H,31,38)(H,36,37). The third kappa shape index (κ3) is 15.7. The Bertz CT molecular complexity index is 1120. The third-order valence-corrected chi connectivity index (χ3v) is 5.27. The quantitative estimate of drug-likeness (QED) is 0.161. The van der Waals surface area contributed by atoms with Gasteiger partial charge in [0.25, 0.3) is 5.91 Å². The first-order valence-corrected chi connectivity index (χ1v) is 13.8. The maximum absolute atomic E-state index is 12.3. The number of nitrogens with zero attached hydrogens (tertiary/aromatic N) is 3. The number of benzene rings is 1. The summed E-state index contributed by atoms with van der Waals surface area (Å²) in [6.45, 7) is 9.48. The van der Waals surface area contributed by atoms with Gasteiger partial charge in [0.05, 0.1) is 44.1 Å². The lowest BCUT2D eigenvalue weighted by Gasteiger charge is -2.19. The van der Waals surface area contributed by atoms with Gasteiger partial charge in [-0.3, -0.25) is 4.79 Å². The van der Waals surface area contributed by atoms with E-state index in [4.69, 9.17) is 24.1 Å². The molecular weight excluding hydrogens is 546 g/mol. The molecule has 0 saturated carbocycles. The van der Waals surface area contributed by atoms with E-state index in [-0.39, 0.29) is 18.0 Å². The summed E-state index contributed by atoms with van der Waals surface area (Å²) < 4.78 is 21.6. The average Bonchev–Trinajstić information content (AvgIpc) is 2.94. The summed E-state index contributed by atoms with van der Waals surface area (Å²) in [6, 6.07) is 9.61. The van der Waals surface area contributed by atoms with Crippen LogP contribution in [0.25, 0.3) is 0 Å². The minimum Gasteiger partial charge on any atom is -0.478 e. The molecular formula is C29H41N5O8. The summed E-state index contributed by atoms with van der Waals surface area (Å²) in [5.41, 5.74) is 0.932. The van der Waals surface area contributed by atoms with Crippen LogP contribution >= 0.6 is 0 Å². The fraction of sp³-hybridized carbons (Fsp3) is 0.517. The number of aromatic carboxylic acids is 1. The third-order valence-electron chi connectivity index (χ3n) is 5.27. The molecule has 0 radical (unpaired) electrons. The topological polar surface area (TPSA) is 170 Å². The number of carbonyl (C=O) groups is 3. The Labute approximate surface area is 246 Å². The highest BCUT2D eigenvalue weighted by Crippen LogP contribution is 2.12. The molecule has 2 amide bonds. The lowest BCUT2D eigenvalue weighted by molar-refractivity contribution is 0.0136. The zero-order valence-electron chi connectivity index (χ0n) is 24.5. The molecule has 0 bridgehead atoms. The Hall–Kier alpha value is -3.94. The summed E-state index contributed by atoms with van der Waals surface area (Å²) in [5, 5.41) is 22.5. The first-order valence-electron chi connectivity index (χ1n) is 13.8. The molecule has 0 fully saturated rings. The summed E-state index contributed by atoms with van der Waals surface area (Å²) >= 11 is 0. The molecule has 42 heavy (non-hydrogen) atoms. The maximum Gasteiger partial charge on any atom is 0.407 e. The number of pyridine rings is 1. The van der Waals surface area contributed by atoms with Crippen molar-refractivity contribution in [2.45, 2.75) is 45.8 Å². The van der Waals surface area contributed by atoms with E-state index in [9.17, 15) is 14.4 Å². The number of hydrogen-bond donors (Lipinski definition) is 3. The summed E-state index contributed by atoms with van der Waals surface area (Å²) in [6.07, 6.45) is 2.34. The van der Waals surface area contributed by atoms with Crippen molar-refractivity contribution in [1.29, 1.82) is 0 Å². The summed E-state index contributed by atoms with van der Waals surface area (Å²) in [5.74, 6) is -0.859. The maximum atomic E-state index is 12.3. The summed E-state index contributed by atoms with van der Waals surface area (Å²) in [7, 11) is 0. The molecule has 2 rings (SSSR count). The number of carboxylic acids is 1. The Morgan fingerprint density at radius 3 is 1.93 bits per heavy atom. The molecule has 13 heteroatoms. The van der Waals surface area contributed by atoms with Crippen LogP contribution in [0, 0.1) is 0 Å². The molecule has 2 aromatic rings. The minimum absolute atomic E-state index is 0.211. The highest BCUT2D eigenvalue weighted by molar-refractivity contribution is 5.94. The molecule has 230 valence electrons. The van der Waals surface area contributed by atoms with Crippen molar-refractivity contribution < 1.29 is 38.4 Å². The molecule has 0 aliphatic carbocycles. The number of alkyl carbamates (subject to hydrolysis) is 1. The van der Waals surface area contributed by atoms with E-state index < -0.39 is 17.7 Å². The Morgan fingerprint density at radius 2 is 1.38 bits per heavy atom. The monoisotopic (exact) mass is 587 g/mol. The highest BCUT2D eigenvalue weighted by atomic mass is 16.6. The minimum atomic E-state index is -0.981. The molecule has 0 atom stereocenters. The number of azo groups is 1. The van der Waals surface area contributed by atoms with Crippen molar-refractivity contribution >= 4 is 23.8 Å². The summed E-state index contributed by atoms with van der Waals surface area (Å²) in [4.78, 5) is 38.8. The van der Waals surface area contributed by atoms with E-state index in [1.807, 2.05) is 20.8 Å². The van der Waals surface area contributed by atoms with Crippen molar-refractivity contribution in [2.75, 3.05) is 52.7 Å². The van der Waals surface area contributed by atoms with E-state index in [0.29, 0.717) is 77.0 Å². The van der Waals surface area contributed by atoms with E-state index in [2.05, 4.69) is 25.8 Å². The van der Waals surface area contributed by atoms with E-state index >= 15 is 0 Å². The molecule has 0 aliphatic heterocycles. The number of ether oxygens (including phenoxy) is 4. The van der Waals surface area contributed by atoms with Gasteiger partial charge in [-0.05, 0) is 63.4 Å². The van der Waals surface area contributed by atoms with Crippen LogP contribution in [0.5, 0.6) is 0 Å². The van der Waals surface area contributed by atoms with Gasteiger partial charge in [0.2, 0.25) is 0 Å². The second kappa shape index (κ2) is 19.2. The van der Waals surface area contributed by atoms with Crippen LogP contribution in [0.1, 0.15) is 59.9 Å². The molecule has 1 aromatic heterocycles. The first kappa shape index (κ1) is 34.3. The lowest BCUT2D eigenvalue weighted by atomic mass is 10.1. The van der Waals surface area contributed by atoms with Gasteiger partial charge in [0, 0.05) is 32.5 Å². The number of rotatable bonds is 19. The van der Waals surface area contributed by atoms with Crippen LogP contribution in [0.2, 0.25) is 0 Å². The molecule has 1 heterocycles. The molecule has 1 aromatic carbocycles. The molecule has 3 N–H and O–H groups in total. The number of carbonyl (C=O) groups excluding carboxylic acids is 2. The van der Waals surface area contributed by atoms with Crippen LogP contribution < -0.4 is 10.6 Å². The second-order valence-electron chi connectivity index (χ2n) is 10.0. The van der Waals surface area contributed by atoms with Crippen LogP contribution in [0.4, 0.5) is 10.6 Å². The Morgan fingerprint density at radius 1 is 0.810 bits per heavy atom. The fourth-order valence-corrected chi connectivity index (χ4v) is 3.22. The van der Waals surface area contributed by atoms with Gasteiger partial charge < -0.3 is 34.7 Å². The number of nitrogens with one attached hydrogen (secondary N) is 2.